The first kappa shape index (κ1) is 19.7. The van der Waals surface area contributed by atoms with Crippen LogP contribution in [0.1, 0.15) is 11.8 Å². The first-order valence-electron chi connectivity index (χ1n) is 8.35. The van der Waals surface area contributed by atoms with Gasteiger partial charge < -0.3 is 5.32 Å². The van der Waals surface area contributed by atoms with E-state index in [0.717, 1.165) is 16.3 Å². The van der Waals surface area contributed by atoms with Crippen molar-refractivity contribution in [3.8, 4) is 11.4 Å². The van der Waals surface area contributed by atoms with Gasteiger partial charge in [0, 0.05) is 22.0 Å². The molecule has 0 radical (unpaired) electrons. The molecule has 0 aliphatic heterocycles. The minimum Gasteiger partial charge on any atom is -0.350 e. The molecule has 0 spiro atoms. The fraction of sp³-hybridized carbons (Fsp3) is 0.211. The molecule has 0 aliphatic rings. The minimum atomic E-state index is -0.296. The van der Waals surface area contributed by atoms with Crippen molar-refractivity contribution >= 4 is 40.6 Å². The quantitative estimate of drug-likeness (QED) is 0.427. The maximum atomic E-state index is 12.4. The molecule has 0 aliphatic carbocycles. The van der Waals surface area contributed by atoms with Crippen molar-refractivity contribution < 1.29 is 4.79 Å². The van der Waals surface area contributed by atoms with Crippen molar-refractivity contribution in [3.05, 3.63) is 64.3 Å². The smallest absolute Gasteiger partial charge is 0.233 e. The van der Waals surface area contributed by atoms with Crippen LogP contribution in [-0.4, -0.2) is 25.9 Å². The second kappa shape index (κ2) is 9.21. The molecule has 1 atom stereocenters. The summed E-state index contributed by atoms with van der Waals surface area (Å²) >= 11 is 8.97. The van der Waals surface area contributed by atoms with Crippen molar-refractivity contribution in [3.63, 3.8) is 0 Å². The molecule has 2 aromatic heterocycles. The molecule has 0 fully saturated rings. The van der Waals surface area contributed by atoms with Crippen LogP contribution in [-0.2, 0) is 17.9 Å². The van der Waals surface area contributed by atoms with Crippen molar-refractivity contribution in [1.29, 1.82) is 0 Å². The number of carbonyl (C=O) groups excluding carboxylic acids is 1. The SMILES string of the molecule is C=CCn1c(S[C@H](C)C(=O)NCc2cccs2)nnc1-c1ccc(Cl)cc1. The summed E-state index contributed by atoms with van der Waals surface area (Å²) in [5.74, 6) is 0.690. The zero-order valence-corrected chi connectivity index (χ0v) is 17.2. The molecule has 27 heavy (non-hydrogen) atoms. The zero-order valence-electron chi connectivity index (χ0n) is 14.8. The lowest BCUT2D eigenvalue weighted by molar-refractivity contribution is -0.120. The number of thioether (sulfide) groups is 1. The largest absolute Gasteiger partial charge is 0.350 e. The number of carbonyl (C=O) groups is 1. The molecule has 0 saturated carbocycles. The maximum Gasteiger partial charge on any atom is 0.233 e. The van der Waals surface area contributed by atoms with Crippen LogP contribution in [0.5, 0.6) is 0 Å². The standard InChI is InChI=1S/C19H19ClN4OS2/c1-3-10-24-17(14-6-8-15(20)9-7-14)22-23-19(24)27-13(2)18(25)21-12-16-5-4-11-26-16/h3-9,11,13H,1,10,12H2,2H3,(H,21,25)/t13-/m1/s1. The fourth-order valence-corrected chi connectivity index (χ4v) is 4.08. The molecule has 140 valence electrons. The van der Waals surface area contributed by atoms with Gasteiger partial charge in [0.2, 0.25) is 5.91 Å². The Morgan fingerprint density at radius 2 is 2.15 bits per heavy atom. The highest BCUT2D eigenvalue weighted by Gasteiger charge is 2.20. The molecule has 0 unspecified atom stereocenters. The van der Waals surface area contributed by atoms with Gasteiger partial charge in [0.25, 0.3) is 0 Å². The average molecular weight is 419 g/mol. The molecule has 3 rings (SSSR count). The number of nitrogens with one attached hydrogen (secondary N) is 1. The first-order valence-corrected chi connectivity index (χ1v) is 10.5. The summed E-state index contributed by atoms with van der Waals surface area (Å²) in [7, 11) is 0. The Labute approximate surface area is 171 Å². The summed E-state index contributed by atoms with van der Waals surface area (Å²) in [6, 6.07) is 11.4. The van der Waals surface area contributed by atoms with E-state index in [4.69, 9.17) is 11.6 Å². The predicted octanol–water partition coefficient (Wildman–Crippen LogP) is 4.64. The second-order valence-corrected chi connectivity index (χ2v) is 8.55. The number of rotatable bonds is 8. The molecular weight excluding hydrogens is 400 g/mol. The Balaban J connectivity index is 1.72. The number of nitrogens with zero attached hydrogens (tertiary/aromatic N) is 3. The molecule has 3 aromatic rings. The molecule has 8 heteroatoms. The third-order valence-electron chi connectivity index (χ3n) is 3.80. The van der Waals surface area contributed by atoms with Gasteiger partial charge in [-0.1, -0.05) is 35.5 Å². The molecule has 1 N–H and O–H groups in total. The van der Waals surface area contributed by atoms with Gasteiger partial charge in [0.15, 0.2) is 11.0 Å². The lowest BCUT2D eigenvalue weighted by Gasteiger charge is -2.12. The van der Waals surface area contributed by atoms with Crippen LogP contribution >= 0.6 is 34.7 Å². The number of thiophene rings is 1. The van der Waals surface area contributed by atoms with Crippen molar-refractivity contribution in [2.45, 2.75) is 30.4 Å². The number of amides is 1. The van der Waals surface area contributed by atoms with Gasteiger partial charge in [-0.2, -0.15) is 0 Å². The molecule has 0 saturated heterocycles. The number of allylic oxidation sites excluding steroid dienone is 1. The highest BCUT2D eigenvalue weighted by molar-refractivity contribution is 8.00. The van der Waals surface area contributed by atoms with Gasteiger partial charge in [0.05, 0.1) is 11.8 Å². The maximum absolute atomic E-state index is 12.4. The summed E-state index contributed by atoms with van der Waals surface area (Å²) in [5, 5.41) is 14.6. The topological polar surface area (TPSA) is 59.8 Å². The fourth-order valence-electron chi connectivity index (χ4n) is 2.42. The number of aromatic nitrogens is 3. The second-order valence-electron chi connectivity index (χ2n) is 5.77. The minimum absolute atomic E-state index is 0.0328. The highest BCUT2D eigenvalue weighted by Crippen LogP contribution is 2.27. The van der Waals surface area contributed by atoms with Gasteiger partial charge in [-0.15, -0.1) is 28.1 Å². The van der Waals surface area contributed by atoms with Crippen LogP contribution in [0.15, 0.2) is 59.6 Å². The van der Waals surface area contributed by atoms with E-state index < -0.39 is 0 Å². The van der Waals surface area contributed by atoms with E-state index in [1.807, 2.05) is 53.3 Å². The number of benzene rings is 1. The van der Waals surface area contributed by atoms with E-state index >= 15 is 0 Å². The Hall–Kier alpha value is -2.09. The number of halogens is 1. The summed E-state index contributed by atoms with van der Waals surface area (Å²) in [6.45, 7) is 6.77. The predicted molar refractivity (Wildman–Crippen MR) is 112 cm³/mol. The normalized spacial score (nSPS) is 11.9. The molecule has 5 nitrogen and oxygen atoms in total. The lowest BCUT2D eigenvalue weighted by atomic mass is 10.2. The lowest BCUT2D eigenvalue weighted by Crippen LogP contribution is -2.30. The molecule has 1 amide bonds. The molecule has 0 bridgehead atoms. The zero-order chi connectivity index (χ0) is 19.2. The molecule has 2 heterocycles. The average Bonchev–Trinajstić information content (AvgIpc) is 3.31. The Kier molecular flexibility index (Phi) is 6.71. The summed E-state index contributed by atoms with van der Waals surface area (Å²) in [4.78, 5) is 13.5. The van der Waals surface area contributed by atoms with Crippen LogP contribution in [0, 0.1) is 0 Å². The van der Waals surface area contributed by atoms with E-state index in [1.165, 1.54) is 11.8 Å². The van der Waals surface area contributed by atoms with Crippen LogP contribution in [0.3, 0.4) is 0 Å². The monoisotopic (exact) mass is 418 g/mol. The summed E-state index contributed by atoms with van der Waals surface area (Å²) < 4.78 is 1.95. The summed E-state index contributed by atoms with van der Waals surface area (Å²) in [5.41, 5.74) is 0.912. The number of hydrogen-bond acceptors (Lipinski definition) is 5. The van der Waals surface area contributed by atoms with Crippen molar-refractivity contribution in [2.24, 2.45) is 0 Å². The Morgan fingerprint density at radius 1 is 1.37 bits per heavy atom. The van der Waals surface area contributed by atoms with Gasteiger partial charge >= 0.3 is 0 Å². The molecule has 1 aromatic carbocycles. The van der Waals surface area contributed by atoms with Crippen LogP contribution < -0.4 is 5.32 Å². The van der Waals surface area contributed by atoms with Gasteiger partial charge in [0.1, 0.15) is 0 Å². The third-order valence-corrected chi connectivity index (χ3v) is 6.01. The number of hydrogen-bond donors (Lipinski definition) is 1. The Bertz CT molecular complexity index is 906. The van der Waals surface area contributed by atoms with Gasteiger partial charge in [-0.3, -0.25) is 9.36 Å². The van der Waals surface area contributed by atoms with E-state index in [-0.39, 0.29) is 11.2 Å². The highest BCUT2D eigenvalue weighted by atomic mass is 35.5. The third kappa shape index (κ3) is 5.00. The van der Waals surface area contributed by atoms with Crippen molar-refractivity contribution in [1.82, 2.24) is 20.1 Å². The van der Waals surface area contributed by atoms with Crippen LogP contribution in [0.2, 0.25) is 5.02 Å². The Morgan fingerprint density at radius 3 is 2.81 bits per heavy atom. The van der Waals surface area contributed by atoms with Gasteiger partial charge in [-0.25, -0.2) is 0 Å². The first-order chi connectivity index (χ1) is 13.1. The van der Waals surface area contributed by atoms with E-state index in [2.05, 4.69) is 22.1 Å². The van der Waals surface area contributed by atoms with Crippen LogP contribution in [0.4, 0.5) is 0 Å². The van der Waals surface area contributed by atoms with Crippen molar-refractivity contribution in [2.75, 3.05) is 0 Å². The van der Waals surface area contributed by atoms with Crippen LogP contribution in [0.25, 0.3) is 11.4 Å². The molecular formula is C19H19ClN4OS2. The van der Waals surface area contributed by atoms with Gasteiger partial charge in [-0.05, 0) is 42.6 Å². The van der Waals surface area contributed by atoms with E-state index in [0.29, 0.717) is 23.3 Å². The van der Waals surface area contributed by atoms with E-state index in [9.17, 15) is 4.79 Å². The van der Waals surface area contributed by atoms with E-state index in [1.54, 1.807) is 17.4 Å². The summed E-state index contributed by atoms with van der Waals surface area (Å²) in [6.07, 6.45) is 1.79.